The number of nitrogens with zero attached hydrogens (tertiary/aromatic N) is 2. The number of carbonyl (C=O) groups excluding carboxylic acids is 2. The van der Waals surface area contributed by atoms with Crippen molar-refractivity contribution in [1.82, 2.24) is 9.80 Å². The molecule has 0 aliphatic carbocycles. The number of hydrogen-bond donors (Lipinski definition) is 0. The number of hydrogen-bond acceptors (Lipinski definition) is 4. The quantitative estimate of drug-likeness (QED) is 0.488. The van der Waals surface area contributed by atoms with Gasteiger partial charge < -0.3 is 19.0 Å². The number of carbonyl (C=O) groups is 2. The van der Waals surface area contributed by atoms with E-state index in [-0.39, 0.29) is 17.6 Å². The molecule has 0 spiro atoms. The third-order valence-corrected chi connectivity index (χ3v) is 5.95. The number of benzene rings is 2. The molecule has 2 heterocycles. The minimum absolute atomic E-state index is 0.0927. The predicted octanol–water partition coefficient (Wildman–Crippen LogP) is 4.43. The molecule has 0 unspecified atom stereocenters. The van der Waals surface area contributed by atoms with Gasteiger partial charge in [0.2, 0.25) is 5.91 Å². The van der Waals surface area contributed by atoms with Crippen molar-refractivity contribution < 1.29 is 23.1 Å². The summed E-state index contributed by atoms with van der Waals surface area (Å²) in [7, 11) is 1.44. The van der Waals surface area contributed by atoms with Crippen molar-refractivity contribution in [2.24, 2.45) is 0 Å². The first-order valence-electron chi connectivity index (χ1n) is 11.3. The molecule has 0 bridgehead atoms. The number of furan rings is 1. The molecule has 1 fully saturated rings. The molecule has 6 nitrogen and oxygen atoms in total. The Balaban J connectivity index is 1.43. The largest absolute Gasteiger partial charge is 0.494 e. The Bertz CT molecular complexity index is 1150. The molecule has 0 saturated carbocycles. The third kappa shape index (κ3) is 5.54. The summed E-state index contributed by atoms with van der Waals surface area (Å²) in [6.45, 7) is 1.80. The number of allylic oxidation sites excluding steroid dienone is 1. The van der Waals surface area contributed by atoms with Crippen LogP contribution in [0.25, 0.3) is 5.57 Å². The highest BCUT2D eigenvalue weighted by atomic mass is 19.1. The van der Waals surface area contributed by atoms with Crippen molar-refractivity contribution in [1.29, 1.82) is 0 Å². The summed E-state index contributed by atoms with van der Waals surface area (Å²) in [6.07, 6.45) is 4.31. The maximum atomic E-state index is 14.1. The number of piperazine rings is 1. The normalized spacial score (nSPS) is 14.2. The van der Waals surface area contributed by atoms with Gasteiger partial charge in [-0.15, -0.1) is 0 Å². The Morgan fingerprint density at radius 2 is 1.74 bits per heavy atom. The fourth-order valence-corrected chi connectivity index (χ4v) is 4.02. The number of aryl methyl sites for hydroxylation is 1. The van der Waals surface area contributed by atoms with Crippen LogP contribution in [-0.4, -0.2) is 54.9 Å². The van der Waals surface area contributed by atoms with Crippen molar-refractivity contribution in [2.45, 2.75) is 12.8 Å². The van der Waals surface area contributed by atoms with E-state index in [1.807, 2.05) is 36.4 Å². The standard InChI is InChI=1S/C27H27FN2O4/c1-33-24-12-10-20(18-23(24)28)9-11-22(21-6-3-2-4-7-21)19-26(31)29-13-15-30(16-14-29)27(32)25-8-5-17-34-25/h2-8,10,12,17-19H,9,11,13-16H2,1H3/b22-19-. The van der Waals surface area contributed by atoms with Gasteiger partial charge in [0, 0.05) is 32.3 Å². The summed E-state index contributed by atoms with van der Waals surface area (Å²) in [4.78, 5) is 29.0. The van der Waals surface area contributed by atoms with Crippen LogP contribution in [0.4, 0.5) is 4.39 Å². The minimum Gasteiger partial charge on any atom is -0.494 e. The zero-order valence-corrected chi connectivity index (χ0v) is 19.1. The van der Waals surface area contributed by atoms with Crippen LogP contribution in [0.15, 0.2) is 77.4 Å². The predicted molar refractivity (Wildman–Crippen MR) is 127 cm³/mol. The molecule has 1 aliphatic rings. The van der Waals surface area contributed by atoms with Crippen LogP contribution in [0.2, 0.25) is 0 Å². The van der Waals surface area contributed by atoms with E-state index in [0.29, 0.717) is 44.8 Å². The van der Waals surface area contributed by atoms with E-state index in [0.717, 1.165) is 16.7 Å². The van der Waals surface area contributed by atoms with E-state index in [2.05, 4.69) is 0 Å². The maximum absolute atomic E-state index is 14.1. The third-order valence-electron chi connectivity index (χ3n) is 5.95. The van der Waals surface area contributed by atoms with E-state index in [1.54, 1.807) is 34.1 Å². The highest BCUT2D eigenvalue weighted by molar-refractivity contribution is 5.96. The van der Waals surface area contributed by atoms with Gasteiger partial charge in [-0.05, 0) is 53.8 Å². The molecule has 0 radical (unpaired) electrons. The van der Waals surface area contributed by atoms with Gasteiger partial charge in [0.15, 0.2) is 17.3 Å². The van der Waals surface area contributed by atoms with Gasteiger partial charge >= 0.3 is 0 Å². The summed E-state index contributed by atoms with van der Waals surface area (Å²) < 4.78 is 24.3. The molecule has 2 aromatic carbocycles. The van der Waals surface area contributed by atoms with E-state index >= 15 is 0 Å². The van der Waals surface area contributed by atoms with Gasteiger partial charge in [-0.2, -0.15) is 0 Å². The number of amides is 2. The molecular formula is C27H27FN2O4. The van der Waals surface area contributed by atoms with Crippen molar-refractivity contribution in [2.75, 3.05) is 33.3 Å². The summed E-state index contributed by atoms with van der Waals surface area (Å²) in [5, 5.41) is 0. The second kappa shape index (κ2) is 10.8. The van der Waals surface area contributed by atoms with Gasteiger partial charge in [-0.3, -0.25) is 9.59 Å². The second-order valence-electron chi connectivity index (χ2n) is 8.10. The molecule has 2 amide bonds. The zero-order chi connectivity index (χ0) is 23.9. The highest BCUT2D eigenvalue weighted by Gasteiger charge is 2.25. The van der Waals surface area contributed by atoms with Crippen LogP contribution in [0.1, 0.15) is 28.1 Å². The Morgan fingerprint density at radius 3 is 2.38 bits per heavy atom. The lowest BCUT2D eigenvalue weighted by molar-refractivity contribution is -0.127. The fraction of sp³-hybridized carbons (Fsp3) is 0.259. The van der Waals surface area contributed by atoms with Gasteiger partial charge in [0.1, 0.15) is 0 Å². The van der Waals surface area contributed by atoms with Crippen LogP contribution in [0, 0.1) is 5.82 Å². The average molecular weight is 463 g/mol. The molecule has 4 rings (SSSR count). The monoisotopic (exact) mass is 462 g/mol. The van der Waals surface area contributed by atoms with Crippen LogP contribution < -0.4 is 4.74 Å². The molecule has 0 N–H and O–H groups in total. The minimum atomic E-state index is -0.400. The van der Waals surface area contributed by atoms with E-state index in [1.165, 1.54) is 19.4 Å². The first-order valence-corrected chi connectivity index (χ1v) is 11.3. The SMILES string of the molecule is COc1ccc(CC/C(=C/C(=O)N2CCN(C(=O)c3ccco3)CC2)c2ccccc2)cc1F. The summed E-state index contributed by atoms with van der Waals surface area (Å²) in [5.41, 5.74) is 2.67. The molecule has 1 saturated heterocycles. The van der Waals surface area contributed by atoms with E-state index < -0.39 is 5.82 Å². The fourth-order valence-electron chi connectivity index (χ4n) is 4.02. The van der Waals surface area contributed by atoms with Gasteiger partial charge in [-0.1, -0.05) is 36.4 Å². The van der Waals surface area contributed by atoms with Gasteiger partial charge in [-0.25, -0.2) is 4.39 Å². The molecule has 1 aromatic heterocycles. The topological polar surface area (TPSA) is 63.0 Å². The van der Waals surface area contributed by atoms with Gasteiger partial charge in [0.05, 0.1) is 13.4 Å². The number of rotatable bonds is 7. The summed E-state index contributed by atoms with van der Waals surface area (Å²) >= 11 is 0. The van der Waals surface area contributed by atoms with Crippen molar-refractivity contribution in [3.63, 3.8) is 0 Å². The lowest BCUT2D eigenvalue weighted by Gasteiger charge is -2.34. The number of ether oxygens (including phenoxy) is 1. The lowest BCUT2D eigenvalue weighted by Crippen LogP contribution is -2.50. The first-order chi connectivity index (χ1) is 16.5. The van der Waals surface area contributed by atoms with Crippen LogP contribution in [0.5, 0.6) is 5.75 Å². The van der Waals surface area contributed by atoms with Crippen LogP contribution in [-0.2, 0) is 11.2 Å². The first kappa shape index (κ1) is 23.3. The van der Waals surface area contributed by atoms with Crippen molar-refractivity contribution in [3.8, 4) is 5.75 Å². The maximum Gasteiger partial charge on any atom is 0.289 e. The molecule has 1 aliphatic heterocycles. The number of methoxy groups -OCH3 is 1. The highest BCUT2D eigenvalue weighted by Crippen LogP contribution is 2.24. The van der Waals surface area contributed by atoms with Crippen molar-refractivity contribution >= 4 is 17.4 Å². The molecule has 7 heteroatoms. The van der Waals surface area contributed by atoms with Crippen LogP contribution in [0.3, 0.4) is 0 Å². The molecular weight excluding hydrogens is 435 g/mol. The lowest BCUT2D eigenvalue weighted by atomic mass is 9.97. The van der Waals surface area contributed by atoms with E-state index in [9.17, 15) is 14.0 Å². The Kier molecular flexibility index (Phi) is 7.42. The zero-order valence-electron chi connectivity index (χ0n) is 19.1. The molecule has 3 aromatic rings. The Labute approximate surface area is 198 Å². The smallest absolute Gasteiger partial charge is 0.289 e. The average Bonchev–Trinajstić information content (AvgIpc) is 3.42. The van der Waals surface area contributed by atoms with E-state index in [4.69, 9.17) is 9.15 Å². The Morgan fingerprint density at radius 1 is 1.00 bits per heavy atom. The van der Waals surface area contributed by atoms with Crippen LogP contribution >= 0.6 is 0 Å². The molecule has 34 heavy (non-hydrogen) atoms. The summed E-state index contributed by atoms with van der Waals surface area (Å²) in [5.74, 6) is -0.138. The summed E-state index contributed by atoms with van der Waals surface area (Å²) in [6, 6.07) is 18.0. The Hall–Kier alpha value is -3.87. The molecule has 176 valence electrons. The van der Waals surface area contributed by atoms with Gasteiger partial charge in [0.25, 0.3) is 5.91 Å². The number of halogens is 1. The molecule has 0 atom stereocenters. The van der Waals surface area contributed by atoms with Crippen molar-refractivity contribution in [3.05, 3.63) is 95.7 Å². The second-order valence-corrected chi connectivity index (χ2v) is 8.10.